The summed E-state index contributed by atoms with van der Waals surface area (Å²) in [5, 5.41) is 0. The number of rotatable bonds is 2. The third kappa shape index (κ3) is 2.60. The van der Waals surface area contributed by atoms with E-state index in [0.29, 0.717) is 0 Å². The van der Waals surface area contributed by atoms with Gasteiger partial charge in [0.15, 0.2) is 0 Å². The molecular weight excluding hydrogens is 274 g/mol. The topological polar surface area (TPSA) is 20.3 Å². The van der Waals surface area contributed by atoms with E-state index in [1.807, 2.05) is 11.0 Å². The van der Waals surface area contributed by atoms with Gasteiger partial charge in [0, 0.05) is 6.54 Å². The van der Waals surface area contributed by atoms with Gasteiger partial charge in [-0.25, -0.2) is 0 Å². The normalized spacial score (nSPS) is 23.5. The van der Waals surface area contributed by atoms with Gasteiger partial charge < -0.3 is 4.90 Å². The van der Waals surface area contributed by atoms with Crippen molar-refractivity contribution in [3.05, 3.63) is 9.47 Å². The maximum Gasteiger partial charge on any atom is 0.210 e. The van der Waals surface area contributed by atoms with Crippen LogP contribution in [0.3, 0.4) is 0 Å². The second-order valence-corrected chi connectivity index (χ2v) is 5.28. The molecule has 0 aromatic carbocycles. The van der Waals surface area contributed by atoms with Crippen molar-refractivity contribution < 1.29 is 4.79 Å². The third-order valence-electron chi connectivity index (χ3n) is 1.80. The van der Waals surface area contributed by atoms with Crippen LogP contribution < -0.4 is 0 Å². The van der Waals surface area contributed by atoms with E-state index in [1.165, 1.54) is 0 Å². The summed E-state index contributed by atoms with van der Waals surface area (Å²) in [6.45, 7) is 0.887. The number of hydrogen-bond acceptors (Lipinski definition) is 1. The molecule has 11 heavy (non-hydrogen) atoms. The summed E-state index contributed by atoms with van der Waals surface area (Å²) in [6, 6.07) is 0.279. The molecule has 0 bridgehead atoms. The van der Waals surface area contributed by atoms with Crippen LogP contribution in [0.5, 0.6) is 0 Å². The van der Waals surface area contributed by atoms with Crippen LogP contribution in [0.15, 0.2) is 9.47 Å². The van der Waals surface area contributed by atoms with Gasteiger partial charge in [0.25, 0.3) is 0 Å². The molecule has 0 radical (unpaired) electrons. The number of halogens is 2. The number of nitrogens with zero attached hydrogens (tertiary/aromatic N) is 1. The minimum Gasteiger partial charge on any atom is -0.339 e. The molecule has 1 saturated heterocycles. The zero-order valence-electron chi connectivity index (χ0n) is 5.96. The summed E-state index contributed by atoms with van der Waals surface area (Å²) in [5.41, 5.74) is 0. The zero-order chi connectivity index (χ0) is 8.27. The molecule has 0 N–H and O–H groups in total. The van der Waals surface area contributed by atoms with Crippen LogP contribution in [0, 0.1) is 0 Å². The van der Waals surface area contributed by atoms with Crippen molar-refractivity contribution in [1.29, 1.82) is 0 Å². The molecule has 0 saturated carbocycles. The van der Waals surface area contributed by atoms with Crippen LogP contribution >= 0.6 is 31.9 Å². The highest BCUT2D eigenvalue weighted by Crippen LogP contribution is 2.22. The van der Waals surface area contributed by atoms with Crippen molar-refractivity contribution in [2.75, 3.05) is 6.54 Å². The minimum absolute atomic E-state index is 0.279. The maximum absolute atomic E-state index is 10.5. The van der Waals surface area contributed by atoms with Crippen LogP contribution in [0.4, 0.5) is 0 Å². The Morgan fingerprint density at radius 2 is 2.27 bits per heavy atom. The van der Waals surface area contributed by atoms with Crippen molar-refractivity contribution in [2.45, 2.75) is 18.9 Å². The van der Waals surface area contributed by atoms with Gasteiger partial charge in [-0.2, -0.15) is 0 Å². The molecule has 0 aromatic heterocycles. The Balaban J connectivity index is 2.57. The van der Waals surface area contributed by atoms with Crippen LogP contribution in [-0.2, 0) is 4.79 Å². The highest BCUT2D eigenvalue weighted by molar-refractivity contribution is 9.28. The zero-order valence-corrected chi connectivity index (χ0v) is 9.14. The van der Waals surface area contributed by atoms with Crippen LogP contribution in [-0.4, -0.2) is 23.9 Å². The Morgan fingerprint density at radius 3 is 2.82 bits per heavy atom. The van der Waals surface area contributed by atoms with E-state index < -0.39 is 0 Å². The quantitative estimate of drug-likeness (QED) is 0.712. The maximum atomic E-state index is 10.5. The third-order valence-corrected chi connectivity index (χ3v) is 2.32. The van der Waals surface area contributed by atoms with Gasteiger partial charge in [-0.1, -0.05) is 0 Å². The molecular formula is C7H9Br2NO. The highest BCUT2D eigenvalue weighted by Gasteiger charge is 2.20. The molecule has 1 unspecified atom stereocenters. The first kappa shape index (κ1) is 9.26. The van der Waals surface area contributed by atoms with Gasteiger partial charge in [-0.15, -0.1) is 0 Å². The first-order valence-electron chi connectivity index (χ1n) is 3.48. The lowest BCUT2D eigenvalue weighted by atomic mass is 10.2. The largest absolute Gasteiger partial charge is 0.339 e. The summed E-state index contributed by atoms with van der Waals surface area (Å²) in [6.07, 6.45) is 5.09. The van der Waals surface area contributed by atoms with Gasteiger partial charge in [-0.3, -0.25) is 4.79 Å². The Hall–Kier alpha value is 0.170. The van der Waals surface area contributed by atoms with Gasteiger partial charge in [-0.05, 0) is 50.8 Å². The van der Waals surface area contributed by atoms with Crippen molar-refractivity contribution in [3.63, 3.8) is 0 Å². The summed E-state index contributed by atoms with van der Waals surface area (Å²) in [5.74, 6) is 0. The molecule has 1 amide bonds. The Kier molecular flexibility index (Phi) is 3.59. The first-order valence-corrected chi connectivity index (χ1v) is 5.06. The molecule has 1 heterocycles. The molecule has 1 fully saturated rings. The molecule has 0 aromatic rings. The Bertz CT molecular complexity index is 177. The molecule has 0 aliphatic carbocycles. The highest BCUT2D eigenvalue weighted by atomic mass is 79.9. The predicted octanol–water partition coefficient (Wildman–Crippen LogP) is 2.24. The van der Waals surface area contributed by atoms with E-state index in [9.17, 15) is 4.79 Å². The van der Waals surface area contributed by atoms with Crippen LogP contribution in [0.25, 0.3) is 0 Å². The van der Waals surface area contributed by atoms with Gasteiger partial charge >= 0.3 is 0 Å². The van der Waals surface area contributed by atoms with Gasteiger partial charge in [0.05, 0.1) is 9.43 Å². The van der Waals surface area contributed by atoms with E-state index in [1.54, 1.807) is 0 Å². The minimum atomic E-state index is 0.279. The van der Waals surface area contributed by atoms with E-state index >= 15 is 0 Å². The number of hydrogen-bond donors (Lipinski definition) is 0. The number of amides is 1. The lowest BCUT2D eigenvalue weighted by Gasteiger charge is -2.15. The number of likely N-dealkylation sites (tertiary alicyclic amines) is 1. The molecule has 1 aliphatic heterocycles. The molecule has 2 nitrogen and oxygen atoms in total. The average Bonchev–Trinajstić information content (AvgIpc) is 2.34. The van der Waals surface area contributed by atoms with Crippen molar-refractivity contribution in [1.82, 2.24) is 4.90 Å². The van der Waals surface area contributed by atoms with E-state index in [4.69, 9.17) is 0 Å². The average molecular weight is 283 g/mol. The monoisotopic (exact) mass is 281 g/mol. The second kappa shape index (κ2) is 4.26. The standard InChI is InChI=1S/C7H9Br2NO/c8-7(9)4-6-2-1-3-10(6)5-11/h4-6H,1-3H2. The first-order chi connectivity index (χ1) is 5.24. The van der Waals surface area contributed by atoms with Crippen molar-refractivity contribution >= 4 is 38.3 Å². The fraction of sp³-hybridized carbons (Fsp3) is 0.571. The van der Waals surface area contributed by atoms with E-state index in [0.717, 1.165) is 29.2 Å². The van der Waals surface area contributed by atoms with E-state index in [2.05, 4.69) is 31.9 Å². The molecule has 62 valence electrons. The van der Waals surface area contributed by atoms with E-state index in [-0.39, 0.29) is 6.04 Å². The lowest BCUT2D eigenvalue weighted by Crippen LogP contribution is -2.25. The Morgan fingerprint density at radius 1 is 1.55 bits per heavy atom. The molecule has 0 spiro atoms. The summed E-state index contributed by atoms with van der Waals surface area (Å²) in [7, 11) is 0. The fourth-order valence-electron chi connectivity index (χ4n) is 1.27. The fourth-order valence-corrected chi connectivity index (χ4v) is 1.88. The summed E-state index contributed by atoms with van der Waals surface area (Å²) >= 11 is 6.55. The SMILES string of the molecule is O=CN1CCCC1C=C(Br)Br. The lowest BCUT2D eigenvalue weighted by molar-refractivity contribution is -0.118. The van der Waals surface area contributed by atoms with Crippen LogP contribution in [0.2, 0.25) is 0 Å². The number of carbonyl (C=O) groups excluding carboxylic acids is 1. The second-order valence-electron chi connectivity index (χ2n) is 2.51. The van der Waals surface area contributed by atoms with Gasteiger partial charge in [0.2, 0.25) is 6.41 Å². The smallest absolute Gasteiger partial charge is 0.210 e. The summed E-state index contributed by atoms with van der Waals surface area (Å²) in [4.78, 5) is 12.3. The molecule has 1 atom stereocenters. The summed E-state index contributed by atoms with van der Waals surface area (Å²) < 4.78 is 0.920. The van der Waals surface area contributed by atoms with Crippen LogP contribution in [0.1, 0.15) is 12.8 Å². The Labute approximate surface area is 82.9 Å². The molecule has 1 aliphatic rings. The molecule has 4 heteroatoms. The van der Waals surface area contributed by atoms with Crippen molar-refractivity contribution in [2.24, 2.45) is 0 Å². The van der Waals surface area contributed by atoms with Crippen molar-refractivity contribution in [3.8, 4) is 0 Å². The molecule has 1 rings (SSSR count). The number of carbonyl (C=O) groups is 1. The predicted molar refractivity (Wildman–Crippen MR) is 51.7 cm³/mol. The van der Waals surface area contributed by atoms with Gasteiger partial charge in [0.1, 0.15) is 0 Å².